The van der Waals surface area contributed by atoms with Crippen LogP contribution in [0.2, 0.25) is 0 Å². The zero-order chi connectivity index (χ0) is 13.8. The Morgan fingerprint density at radius 2 is 2.17 bits per heavy atom. The molecule has 6 heteroatoms. The maximum Gasteiger partial charge on any atom is 0.330 e. The van der Waals surface area contributed by atoms with Crippen LogP contribution in [0.1, 0.15) is 20.8 Å². The van der Waals surface area contributed by atoms with Gasteiger partial charge in [-0.15, -0.1) is 0 Å². The summed E-state index contributed by atoms with van der Waals surface area (Å²) < 4.78 is 15.6. The summed E-state index contributed by atoms with van der Waals surface area (Å²) in [4.78, 5) is 11.1. The number of aliphatic hydroxyl groups excluding tert-OH is 2. The van der Waals surface area contributed by atoms with Crippen molar-refractivity contribution in [1.82, 2.24) is 0 Å². The molecule has 0 aromatic carbocycles. The van der Waals surface area contributed by atoms with Crippen molar-refractivity contribution in [2.24, 2.45) is 0 Å². The Labute approximate surface area is 106 Å². The summed E-state index contributed by atoms with van der Waals surface area (Å²) in [5.41, 5.74) is 0. The molecule has 2 N–H and O–H groups in total. The first-order valence-corrected chi connectivity index (χ1v) is 5.89. The van der Waals surface area contributed by atoms with E-state index in [2.05, 4.69) is 0 Å². The third-order valence-corrected chi connectivity index (χ3v) is 2.45. The van der Waals surface area contributed by atoms with E-state index in [0.717, 1.165) is 6.08 Å². The van der Waals surface area contributed by atoms with Gasteiger partial charge in [0.25, 0.3) is 0 Å². The molecule has 18 heavy (non-hydrogen) atoms. The van der Waals surface area contributed by atoms with Gasteiger partial charge < -0.3 is 24.4 Å². The molecule has 0 radical (unpaired) electrons. The second kappa shape index (κ2) is 6.29. The Kier molecular flexibility index (Phi) is 5.28. The molecular weight excluding hydrogens is 240 g/mol. The smallest absolute Gasteiger partial charge is 0.330 e. The number of esters is 1. The molecule has 1 aliphatic heterocycles. The van der Waals surface area contributed by atoms with Crippen LogP contribution in [0.4, 0.5) is 0 Å². The third kappa shape index (κ3) is 4.06. The molecule has 1 rings (SSSR count). The molecule has 3 unspecified atom stereocenters. The predicted molar refractivity (Wildman–Crippen MR) is 62.7 cm³/mol. The fourth-order valence-corrected chi connectivity index (χ4v) is 1.77. The number of ether oxygens (including phenoxy) is 3. The minimum Gasteiger partial charge on any atom is -0.463 e. The average molecular weight is 260 g/mol. The van der Waals surface area contributed by atoms with E-state index in [0.29, 0.717) is 0 Å². The molecule has 1 fully saturated rings. The Balaban J connectivity index is 2.60. The lowest BCUT2D eigenvalue weighted by molar-refractivity contribution is -0.154. The molecule has 0 amide bonds. The average Bonchev–Trinajstić information content (AvgIpc) is 2.62. The van der Waals surface area contributed by atoms with Gasteiger partial charge >= 0.3 is 5.97 Å². The first-order valence-electron chi connectivity index (χ1n) is 5.89. The van der Waals surface area contributed by atoms with Crippen LogP contribution in [0.5, 0.6) is 0 Å². The normalized spacial score (nSPS) is 28.5. The second-order valence-corrected chi connectivity index (χ2v) is 4.42. The number of hydrogen-bond donors (Lipinski definition) is 2. The number of hydrogen-bond acceptors (Lipinski definition) is 6. The summed E-state index contributed by atoms with van der Waals surface area (Å²) in [6.45, 7) is 5.09. The zero-order valence-electron chi connectivity index (χ0n) is 10.8. The van der Waals surface area contributed by atoms with Crippen LogP contribution in [0.3, 0.4) is 0 Å². The quantitative estimate of drug-likeness (QED) is 0.534. The molecule has 0 saturated carbocycles. The maximum atomic E-state index is 11.1. The highest BCUT2D eigenvalue weighted by atomic mass is 16.8. The Morgan fingerprint density at radius 1 is 1.50 bits per heavy atom. The van der Waals surface area contributed by atoms with Crippen molar-refractivity contribution in [2.45, 2.75) is 44.9 Å². The van der Waals surface area contributed by atoms with Crippen molar-refractivity contribution >= 4 is 5.97 Å². The van der Waals surface area contributed by atoms with Crippen molar-refractivity contribution < 1.29 is 29.2 Å². The van der Waals surface area contributed by atoms with Gasteiger partial charge in [0.05, 0.1) is 13.2 Å². The van der Waals surface area contributed by atoms with Gasteiger partial charge in [0, 0.05) is 6.08 Å². The van der Waals surface area contributed by atoms with E-state index in [1.54, 1.807) is 20.8 Å². The number of carbonyl (C=O) groups is 1. The van der Waals surface area contributed by atoms with Crippen LogP contribution in [-0.4, -0.2) is 53.5 Å². The van der Waals surface area contributed by atoms with Gasteiger partial charge in [-0.2, -0.15) is 0 Å². The third-order valence-electron chi connectivity index (χ3n) is 2.45. The van der Waals surface area contributed by atoms with Crippen molar-refractivity contribution in [3.63, 3.8) is 0 Å². The summed E-state index contributed by atoms with van der Waals surface area (Å²) in [6.07, 6.45) is 0.0266. The summed E-state index contributed by atoms with van der Waals surface area (Å²) in [7, 11) is 0. The molecular formula is C12H20O6. The van der Waals surface area contributed by atoms with E-state index in [1.807, 2.05) is 0 Å². The molecule has 1 saturated heterocycles. The Hall–Kier alpha value is -0.950. The summed E-state index contributed by atoms with van der Waals surface area (Å²) in [5, 5.41) is 19.0. The standard InChI is InChI=1S/C12H20O6/c1-4-16-10(15)6-5-8(14)11-9(7-13)17-12(2,3)18-11/h5-6,8-9,11,13-14H,4,7H2,1-3H3/b6-5+. The molecule has 0 bridgehead atoms. The molecule has 6 nitrogen and oxygen atoms in total. The first-order chi connectivity index (χ1) is 8.39. The van der Waals surface area contributed by atoms with Crippen molar-refractivity contribution in [1.29, 1.82) is 0 Å². The van der Waals surface area contributed by atoms with Gasteiger partial charge in [0.2, 0.25) is 0 Å². The molecule has 0 aromatic heterocycles. The molecule has 3 atom stereocenters. The summed E-state index contributed by atoms with van der Waals surface area (Å²) in [5.74, 6) is -1.40. The predicted octanol–water partition coefficient (Wildman–Crippen LogP) is -0.0210. The molecule has 0 spiro atoms. The van der Waals surface area contributed by atoms with E-state index in [4.69, 9.17) is 19.3 Å². The van der Waals surface area contributed by atoms with Crippen molar-refractivity contribution in [2.75, 3.05) is 13.2 Å². The van der Waals surface area contributed by atoms with Crippen LogP contribution in [-0.2, 0) is 19.0 Å². The minimum absolute atomic E-state index is 0.265. The highest BCUT2D eigenvalue weighted by Gasteiger charge is 2.43. The van der Waals surface area contributed by atoms with Crippen LogP contribution >= 0.6 is 0 Å². The molecule has 1 heterocycles. The number of rotatable bonds is 5. The van der Waals surface area contributed by atoms with Crippen LogP contribution in [0.15, 0.2) is 12.2 Å². The first kappa shape index (κ1) is 15.1. The van der Waals surface area contributed by atoms with E-state index >= 15 is 0 Å². The minimum atomic E-state index is -1.05. The summed E-state index contributed by atoms with van der Waals surface area (Å²) in [6, 6.07) is 0. The second-order valence-electron chi connectivity index (χ2n) is 4.42. The van der Waals surface area contributed by atoms with Gasteiger partial charge in [0.1, 0.15) is 18.3 Å². The van der Waals surface area contributed by atoms with Crippen molar-refractivity contribution in [3.05, 3.63) is 12.2 Å². The van der Waals surface area contributed by atoms with Crippen LogP contribution in [0, 0.1) is 0 Å². The lowest BCUT2D eigenvalue weighted by atomic mass is 10.1. The van der Waals surface area contributed by atoms with E-state index in [9.17, 15) is 9.90 Å². The lowest BCUT2D eigenvalue weighted by Crippen LogP contribution is -2.36. The fraction of sp³-hybridized carbons (Fsp3) is 0.750. The highest BCUT2D eigenvalue weighted by Crippen LogP contribution is 2.30. The lowest BCUT2D eigenvalue weighted by Gasteiger charge is -2.19. The zero-order valence-corrected chi connectivity index (χ0v) is 10.8. The van der Waals surface area contributed by atoms with E-state index in [1.165, 1.54) is 6.08 Å². The molecule has 0 aromatic rings. The molecule has 1 aliphatic rings. The topological polar surface area (TPSA) is 85.2 Å². The van der Waals surface area contributed by atoms with Gasteiger partial charge in [0.15, 0.2) is 5.79 Å². The van der Waals surface area contributed by atoms with Gasteiger partial charge in [-0.25, -0.2) is 4.79 Å². The van der Waals surface area contributed by atoms with Gasteiger partial charge in [-0.1, -0.05) is 0 Å². The largest absolute Gasteiger partial charge is 0.463 e. The number of aliphatic hydroxyl groups is 2. The highest BCUT2D eigenvalue weighted by molar-refractivity contribution is 5.81. The fourth-order valence-electron chi connectivity index (χ4n) is 1.77. The Bertz CT molecular complexity index is 312. The number of carbonyl (C=O) groups excluding carboxylic acids is 1. The SMILES string of the molecule is CCOC(=O)/C=C/C(O)C1OC(C)(C)OC1CO. The van der Waals surface area contributed by atoms with Crippen molar-refractivity contribution in [3.8, 4) is 0 Å². The Morgan fingerprint density at radius 3 is 2.72 bits per heavy atom. The molecule has 104 valence electrons. The van der Waals surface area contributed by atoms with Gasteiger partial charge in [-0.3, -0.25) is 0 Å². The summed E-state index contributed by atoms with van der Waals surface area (Å²) >= 11 is 0. The van der Waals surface area contributed by atoms with Crippen LogP contribution in [0.25, 0.3) is 0 Å². The van der Waals surface area contributed by atoms with E-state index < -0.39 is 30.1 Å². The van der Waals surface area contributed by atoms with Gasteiger partial charge in [-0.05, 0) is 26.8 Å². The molecule has 0 aliphatic carbocycles. The van der Waals surface area contributed by atoms with E-state index in [-0.39, 0.29) is 13.2 Å². The van der Waals surface area contributed by atoms with Crippen LogP contribution < -0.4 is 0 Å². The maximum absolute atomic E-state index is 11.1. The monoisotopic (exact) mass is 260 g/mol.